The molecule has 1 saturated heterocycles. The van der Waals surface area contributed by atoms with Crippen LogP contribution in [0.3, 0.4) is 0 Å². The molecule has 1 fully saturated rings. The lowest BCUT2D eigenvalue weighted by atomic mass is 10.1. The van der Waals surface area contributed by atoms with E-state index in [9.17, 15) is 0 Å². The molecule has 4 nitrogen and oxygen atoms in total. The van der Waals surface area contributed by atoms with Gasteiger partial charge in [0.2, 0.25) is 0 Å². The van der Waals surface area contributed by atoms with E-state index >= 15 is 0 Å². The van der Waals surface area contributed by atoms with E-state index in [1.165, 1.54) is 11.1 Å². The van der Waals surface area contributed by atoms with Gasteiger partial charge in [-0.25, -0.2) is 4.98 Å². The second kappa shape index (κ2) is 5.99. The molecule has 5 heteroatoms. The Labute approximate surface area is 134 Å². The molecule has 0 spiro atoms. The zero-order valence-electron chi connectivity index (χ0n) is 12.7. The summed E-state index contributed by atoms with van der Waals surface area (Å²) in [5.74, 6) is 1.06. The molecule has 2 aliphatic heterocycles. The Balaban J connectivity index is 1.44. The number of morpholine rings is 1. The van der Waals surface area contributed by atoms with Crippen molar-refractivity contribution in [1.29, 1.82) is 0 Å². The summed E-state index contributed by atoms with van der Waals surface area (Å²) in [4.78, 5) is 7.03. The summed E-state index contributed by atoms with van der Waals surface area (Å²) < 4.78 is 11.5. The van der Waals surface area contributed by atoms with Crippen molar-refractivity contribution in [2.75, 3.05) is 26.3 Å². The van der Waals surface area contributed by atoms with Gasteiger partial charge in [-0.1, -0.05) is 12.1 Å². The van der Waals surface area contributed by atoms with Gasteiger partial charge in [-0.15, -0.1) is 11.3 Å². The van der Waals surface area contributed by atoms with Crippen LogP contribution >= 0.6 is 11.3 Å². The van der Waals surface area contributed by atoms with Crippen LogP contribution in [0.4, 0.5) is 0 Å². The highest BCUT2D eigenvalue weighted by Crippen LogP contribution is 2.28. The summed E-state index contributed by atoms with van der Waals surface area (Å²) in [5.41, 5.74) is 3.79. The van der Waals surface area contributed by atoms with Crippen molar-refractivity contribution in [2.24, 2.45) is 0 Å². The number of rotatable bonds is 3. The predicted molar refractivity (Wildman–Crippen MR) is 86.5 cm³/mol. The molecule has 2 aromatic rings. The van der Waals surface area contributed by atoms with Crippen LogP contribution in [0.25, 0.3) is 0 Å². The molecule has 22 heavy (non-hydrogen) atoms. The lowest BCUT2D eigenvalue weighted by Crippen LogP contribution is -2.37. The number of nitrogens with zero attached hydrogens (tertiary/aromatic N) is 2. The van der Waals surface area contributed by atoms with E-state index in [4.69, 9.17) is 9.47 Å². The summed E-state index contributed by atoms with van der Waals surface area (Å²) in [6, 6.07) is 6.59. The molecule has 1 atom stereocenters. The first-order valence-corrected chi connectivity index (χ1v) is 8.66. The number of aryl methyl sites for hydroxylation is 1. The van der Waals surface area contributed by atoms with Gasteiger partial charge in [0.1, 0.15) is 16.9 Å². The summed E-state index contributed by atoms with van der Waals surface area (Å²) in [7, 11) is 0. The fourth-order valence-corrected chi connectivity index (χ4v) is 3.95. The standard InChI is InChI=1S/C17H20N2O2S/c1-12-11-22-17(18-12)16-10-19(5-7-21-16)9-13-2-3-15-14(8-13)4-6-20-15/h2-3,8,11,16H,4-7,9-10H2,1H3/t16-/m1/s1. The van der Waals surface area contributed by atoms with Crippen molar-refractivity contribution in [3.8, 4) is 5.75 Å². The number of fused-ring (bicyclic) bond motifs is 1. The monoisotopic (exact) mass is 316 g/mol. The molecule has 3 heterocycles. The van der Waals surface area contributed by atoms with Gasteiger partial charge < -0.3 is 9.47 Å². The summed E-state index contributed by atoms with van der Waals surface area (Å²) in [6.07, 6.45) is 1.15. The predicted octanol–water partition coefficient (Wildman–Crippen LogP) is 2.96. The van der Waals surface area contributed by atoms with Crippen molar-refractivity contribution in [3.63, 3.8) is 0 Å². The Kier molecular flexibility index (Phi) is 3.86. The lowest BCUT2D eigenvalue weighted by Gasteiger charge is -2.32. The summed E-state index contributed by atoms with van der Waals surface area (Å²) >= 11 is 1.70. The zero-order valence-corrected chi connectivity index (χ0v) is 13.6. The molecule has 116 valence electrons. The number of ether oxygens (including phenoxy) is 2. The van der Waals surface area contributed by atoms with Gasteiger partial charge in [0.05, 0.1) is 13.2 Å². The first-order valence-electron chi connectivity index (χ1n) is 7.78. The van der Waals surface area contributed by atoms with Crippen LogP contribution in [0.5, 0.6) is 5.75 Å². The molecule has 0 bridgehead atoms. The molecule has 0 unspecified atom stereocenters. The third kappa shape index (κ3) is 2.89. The fraction of sp³-hybridized carbons (Fsp3) is 0.471. The number of thiazole rings is 1. The minimum absolute atomic E-state index is 0.116. The molecule has 1 aromatic carbocycles. The van der Waals surface area contributed by atoms with Gasteiger partial charge >= 0.3 is 0 Å². The third-order valence-electron chi connectivity index (χ3n) is 4.22. The van der Waals surface area contributed by atoms with Crippen molar-refractivity contribution in [2.45, 2.75) is 26.0 Å². The van der Waals surface area contributed by atoms with E-state index < -0.39 is 0 Å². The normalized spacial score (nSPS) is 21.6. The summed E-state index contributed by atoms with van der Waals surface area (Å²) in [6.45, 7) is 6.50. The van der Waals surface area contributed by atoms with E-state index in [1.807, 2.05) is 6.92 Å². The van der Waals surface area contributed by atoms with Gasteiger partial charge in [-0.2, -0.15) is 0 Å². The smallest absolute Gasteiger partial charge is 0.123 e. The number of hydrogen-bond donors (Lipinski definition) is 0. The van der Waals surface area contributed by atoms with E-state index in [2.05, 4.69) is 33.5 Å². The van der Waals surface area contributed by atoms with Gasteiger partial charge in [0.25, 0.3) is 0 Å². The largest absolute Gasteiger partial charge is 0.493 e. The van der Waals surface area contributed by atoms with Crippen LogP contribution < -0.4 is 4.74 Å². The molecule has 0 amide bonds. The number of hydrogen-bond acceptors (Lipinski definition) is 5. The highest BCUT2D eigenvalue weighted by atomic mass is 32.1. The maximum absolute atomic E-state index is 5.91. The second-order valence-electron chi connectivity index (χ2n) is 5.96. The maximum Gasteiger partial charge on any atom is 0.123 e. The molecule has 0 radical (unpaired) electrons. The van der Waals surface area contributed by atoms with Crippen molar-refractivity contribution >= 4 is 11.3 Å². The van der Waals surface area contributed by atoms with Crippen LogP contribution in [0.1, 0.15) is 27.9 Å². The van der Waals surface area contributed by atoms with E-state index in [0.717, 1.165) is 55.7 Å². The Morgan fingerprint density at radius 3 is 3.18 bits per heavy atom. The molecule has 2 aliphatic rings. The topological polar surface area (TPSA) is 34.6 Å². The van der Waals surface area contributed by atoms with Gasteiger partial charge in [-0.05, 0) is 24.1 Å². The van der Waals surface area contributed by atoms with E-state index in [-0.39, 0.29) is 6.10 Å². The third-order valence-corrected chi connectivity index (χ3v) is 5.28. The summed E-state index contributed by atoms with van der Waals surface area (Å²) in [5, 5.41) is 3.20. The van der Waals surface area contributed by atoms with Crippen LogP contribution in [0.2, 0.25) is 0 Å². The minimum atomic E-state index is 0.116. The van der Waals surface area contributed by atoms with Gasteiger partial charge in [0, 0.05) is 37.1 Å². The van der Waals surface area contributed by atoms with Crippen LogP contribution in [0, 0.1) is 6.92 Å². The Morgan fingerprint density at radius 1 is 1.36 bits per heavy atom. The lowest BCUT2D eigenvalue weighted by molar-refractivity contribution is -0.0330. The molecule has 1 aromatic heterocycles. The van der Waals surface area contributed by atoms with Crippen LogP contribution in [0.15, 0.2) is 23.6 Å². The van der Waals surface area contributed by atoms with Crippen LogP contribution in [-0.4, -0.2) is 36.2 Å². The number of aromatic nitrogens is 1. The zero-order chi connectivity index (χ0) is 14.9. The van der Waals surface area contributed by atoms with Crippen LogP contribution in [-0.2, 0) is 17.7 Å². The van der Waals surface area contributed by atoms with Crippen molar-refractivity contribution in [3.05, 3.63) is 45.4 Å². The fourth-order valence-electron chi connectivity index (χ4n) is 3.11. The second-order valence-corrected chi connectivity index (χ2v) is 6.85. The first kappa shape index (κ1) is 14.2. The first-order chi connectivity index (χ1) is 10.8. The quantitative estimate of drug-likeness (QED) is 0.872. The minimum Gasteiger partial charge on any atom is -0.493 e. The van der Waals surface area contributed by atoms with Gasteiger partial charge in [0.15, 0.2) is 0 Å². The molecular weight excluding hydrogens is 296 g/mol. The Hall–Kier alpha value is -1.43. The molecular formula is C17H20N2O2S. The molecule has 0 saturated carbocycles. The molecule has 0 aliphatic carbocycles. The number of benzene rings is 1. The van der Waals surface area contributed by atoms with E-state index in [1.54, 1.807) is 11.3 Å². The Bertz CT molecular complexity index is 670. The average Bonchev–Trinajstić information content (AvgIpc) is 3.16. The van der Waals surface area contributed by atoms with Crippen molar-refractivity contribution in [1.82, 2.24) is 9.88 Å². The van der Waals surface area contributed by atoms with Crippen molar-refractivity contribution < 1.29 is 9.47 Å². The Morgan fingerprint density at radius 2 is 2.32 bits per heavy atom. The van der Waals surface area contributed by atoms with E-state index in [0.29, 0.717) is 0 Å². The maximum atomic E-state index is 5.91. The highest BCUT2D eigenvalue weighted by Gasteiger charge is 2.24. The van der Waals surface area contributed by atoms with Gasteiger partial charge in [-0.3, -0.25) is 4.90 Å². The molecule has 0 N–H and O–H groups in total. The highest BCUT2D eigenvalue weighted by molar-refractivity contribution is 7.09. The average molecular weight is 316 g/mol. The SMILES string of the molecule is Cc1csc([C@H]2CN(Cc3ccc4c(c3)CCO4)CCO2)n1. The molecule has 4 rings (SSSR count).